The lowest BCUT2D eigenvalue weighted by molar-refractivity contribution is 0.249. The summed E-state index contributed by atoms with van der Waals surface area (Å²) in [6.07, 6.45) is 0. The molecule has 1 atom stereocenters. The number of fused-ring (bicyclic) bond motifs is 1. The third kappa shape index (κ3) is 2.86. The van der Waals surface area contributed by atoms with Crippen molar-refractivity contribution in [2.45, 2.75) is 5.92 Å². The maximum atomic E-state index is 13.1. The standard InChI is InChI=1S/C15H14BFO4/c17-11-5-6-15(13(7-11)16(18)19)21-9-10-8-20-14-4-2-1-3-12(10)14/h1-7,10,18-19H,8-9H2. The molecule has 2 N–H and O–H groups in total. The maximum Gasteiger partial charge on any atom is 0.492 e. The number of hydrogen-bond donors (Lipinski definition) is 2. The molecule has 1 heterocycles. The molecule has 1 aliphatic heterocycles. The van der Waals surface area contributed by atoms with Crippen LogP contribution in [-0.4, -0.2) is 30.4 Å². The van der Waals surface area contributed by atoms with E-state index in [2.05, 4.69) is 0 Å². The van der Waals surface area contributed by atoms with Gasteiger partial charge in [0.15, 0.2) is 0 Å². The minimum absolute atomic E-state index is 0.0159. The average molecular weight is 288 g/mol. The Morgan fingerprint density at radius 1 is 1.24 bits per heavy atom. The minimum Gasteiger partial charge on any atom is -0.493 e. The first kappa shape index (κ1) is 13.9. The SMILES string of the molecule is OB(O)c1cc(F)ccc1OCC1COc2ccccc21. The Hall–Kier alpha value is -2.05. The zero-order valence-corrected chi connectivity index (χ0v) is 11.2. The summed E-state index contributed by atoms with van der Waals surface area (Å²) in [5, 5.41) is 18.5. The molecule has 4 nitrogen and oxygen atoms in total. The van der Waals surface area contributed by atoms with Gasteiger partial charge in [0.05, 0.1) is 19.1 Å². The molecular weight excluding hydrogens is 274 g/mol. The summed E-state index contributed by atoms with van der Waals surface area (Å²) < 4.78 is 24.3. The summed E-state index contributed by atoms with van der Waals surface area (Å²) in [4.78, 5) is 0. The van der Waals surface area contributed by atoms with Crippen molar-refractivity contribution in [3.05, 3.63) is 53.8 Å². The first-order valence-corrected chi connectivity index (χ1v) is 6.65. The molecule has 3 rings (SSSR count). The van der Waals surface area contributed by atoms with Crippen LogP contribution in [0.5, 0.6) is 11.5 Å². The summed E-state index contributed by atoms with van der Waals surface area (Å²) in [5.41, 5.74) is 1.08. The van der Waals surface area contributed by atoms with E-state index < -0.39 is 12.9 Å². The first-order valence-electron chi connectivity index (χ1n) is 6.65. The molecule has 2 aromatic rings. The third-order valence-corrected chi connectivity index (χ3v) is 3.49. The van der Waals surface area contributed by atoms with Crippen LogP contribution in [0.2, 0.25) is 0 Å². The topological polar surface area (TPSA) is 58.9 Å². The van der Waals surface area contributed by atoms with Gasteiger partial charge in [0.25, 0.3) is 0 Å². The molecule has 2 aromatic carbocycles. The molecule has 1 unspecified atom stereocenters. The lowest BCUT2D eigenvalue weighted by Gasteiger charge is -2.14. The van der Waals surface area contributed by atoms with E-state index >= 15 is 0 Å². The van der Waals surface area contributed by atoms with Crippen LogP contribution in [0.1, 0.15) is 11.5 Å². The molecule has 0 spiro atoms. The van der Waals surface area contributed by atoms with Gasteiger partial charge in [-0.2, -0.15) is 0 Å². The van der Waals surface area contributed by atoms with Crippen LogP contribution >= 0.6 is 0 Å². The highest BCUT2D eigenvalue weighted by molar-refractivity contribution is 6.59. The summed E-state index contributed by atoms with van der Waals surface area (Å²) in [6.45, 7) is 0.833. The molecule has 0 aromatic heterocycles. The van der Waals surface area contributed by atoms with Crippen LogP contribution in [-0.2, 0) is 0 Å². The fraction of sp³-hybridized carbons (Fsp3) is 0.200. The molecule has 0 amide bonds. The van der Waals surface area contributed by atoms with E-state index in [0.29, 0.717) is 13.2 Å². The van der Waals surface area contributed by atoms with Crippen LogP contribution in [0.15, 0.2) is 42.5 Å². The molecule has 0 aliphatic carbocycles. The van der Waals surface area contributed by atoms with Crippen LogP contribution < -0.4 is 14.9 Å². The number of benzene rings is 2. The Morgan fingerprint density at radius 3 is 2.86 bits per heavy atom. The molecule has 0 saturated heterocycles. The van der Waals surface area contributed by atoms with E-state index in [1.165, 1.54) is 12.1 Å². The zero-order valence-electron chi connectivity index (χ0n) is 11.2. The second kappa shape index (κ2) is 5.75. The minimum atomic E-state index is -1.78. The van der Waals surface area contributed by atoms with Crippen molar-refractivity contribution < 1.29 is 23.9 Å². The predicted octanol–water partition coefficient (Wildman–Crippen LogP) is 1.06. The molecule has 0 bridgehead atoms. The van der Waals surface area contributed by atoms with E-state index in [0.717, 1.165) is 17.4 Å². The fourth-order valence-electron chi connectivity index (χ4n) is 2.41. The van der Waals surface area contributed by atoms with Crippen molar-refractivity contribution in [1.82, 2.24) is 0 Å². The van der Waals surface area contributed by atoms with Crippen LogP contribution in [0, 0.1) is 5.82 Å². The van der Waals surface area contributed by atoms with Crippen molar-refractivity contribution in [1.29, 1.82) is 0 Å². The number of ether oxygens (including phenoxy) is 2. The Balaban J connectivity index is 1.75. The van der Waals surface area contributed by atoms with Crippen LogP contribution in [0.3, 0.4) is 0 Å². The second-order valence-corrected chi connectivity index (χ2v) is 4.91. The van der Waals surface area contributed by atoms with Gasteiger partial charge >= 0.3 is 7.12 Å². The van der Waals surface area contributed by atoms with E-state index in [9.17, 15) is 14.4 Å². The highest BCUT2D eigenvalue weighted by atomic mass is 19.1. The number of para-hydroxylation sites is 1. The lowest BCUT2D eigenvalue weighted by Crippen LogP contribution is -2.32. The van der Waals surface area contributed by atoms with Gasteiger partial charge in [-0.3, -0.25) is 0 Å². The Kier molecular flexibility index (Phi) is 3.81. The molecule has 21 heavy (non-hydrogen) atoms. The zero-order chi connectivity index (χ0) is 14.8. The van der Waals surface area contributed by atoms with Gasteiger partial charge in [0.1, 0.15) is 17.3 Å². The number of halogens is 1. The molecule has 108 valence electrons. The van der Waals surface area contributed by atoms with Crippen LogP contribution in [0.25, 0.3) is 0 Å². The van der Waals surface area contributed by atoms with E-state index in [-0.39, 0.29) is 17.1 Å². The predicted molar refractivity (Wildman–Crippen MR) is 76.4 cm³/mol. The second-order valence-electron chi connectivity index (χ2n) is 4.91. The first-order chi connectivity index (χ1) is 10.1. The largest absolute Gasteiger partial charge is 0.493 e. The van der Waals surface area contributed by atoms with E-state index in [1.807, 2.05) is 24.3 Å². The molecule has 0 saturated carbocycles. The Morgan fingerprint density at radius 2 is 2.05 bits per heavy atom. The number of hydrogen-bond acceptors (Lipinski definition) is 4. The van der Waals surface area contributed by atoms with Crippen molar-refractivity contribution in [2.75, 3.05) is 13.2 Å². The van der Waals surface area contributed by atoms with Crippen LogP contribution in [0.4, 0.5) is 4.39 Å². The highest BCUT2D eigenvalue weighted by Crippen LogP contribution is 2.33. The third-order valence-electron chi connectivity index (χ3n) is 3.49. The normalized spacial score (nSPS) is 16.2. The Labute approximate surface area is 121 Å². The van der Waals surface area contributed by atoms with Crippen molar-refractivity contribution in [2.24, 2.45) is 0 Å². The molecule has 1 aliphatic rings. The fourth-order valence-corrected chi connectivity index (χ4v) is 2.41. The van der Waals surface area contributed by atoms with Crippen molar-refractivity contribution >= 4 is 12.6 Å². The van der Waals surface area contributed by atoms with Gasteiger partial charge in [-0.25, -0.2) is 4.39 Å². The van der Waals surface area contributed by atoms with Gasteiger partial charge in [0.2, 0.25) is 0 Å². The Bertz CT molecular complexity index is 647. The number of rotatable bonds is 4. The van der Waals surface area contributed by atoms with Crippen molar-refractivity contribution in [3.8, 4) is 11.5 Å². The quantitative estimate of drug-likeness (QED) is 0.826. The van der Waals surface area contributed by atoms with Gasteiger partial charge < -0.3 is 19.5 Å². The molecule has 6 heteroatoms. The van der Waals surface area contributed by atoms with Gasteiger partial charge in [-0.15, -0.1) is 0 Å². The highest BCUT2D eigenvalue weighted by Gasteiger charge is 2.25. The van der Waals surface area contributed by atoms with Gasteiger partial charge in [-0.1, -0.05) is 18.2 Å². The average Bonchev–Trinajstić information content (AvgIpc) is 2.89. The van der Waals surface area contributed by atoms with Crippen molar-refractivity contribution in [3.63, 3.8) is 0 Å². The van der Waals surface area contributed by atoms with Gasteiger partial charge in [0, 0.05) is 11.0 Å². The molecule has 0 radical (unpaired) electrons. The summed E-state index contributed by atoms with van der Waals surface area (Å²) in [5.74, 6) is 0.623. The van der Waals surface area contributed by atoms with Gasteiger partial charge in [-0.05, 0) is 24.3 Å². The molecular formula is C15H14BFO4. The smallest absolute Gasteiger partial charge is 0.492 e. The summed E-state index contributed by atoms with van der Waals surface area (Å²) >= 11 is 0. The molecule has 0 fully saturated rings. The summed E-state index contributed by atoms with van der Waals surface area (Å²) in [7, 11) is -1.78. The van der Waals surface area contributed by atoms with E-state index in [4.69, 9.17) is 9.47 Å². The maximum absolute atomic E-state index is 13.1. The van der Waals surface area contributed by atoms with E-state index in [1.54, 1.807) is 0 Å². The summed E-state index contributed by atoms with van der Waals surface area (Å²) in [6, 6.07) is 11.4. The monoisotopic (exact) mass is 288 g/mol. The lowest BCUT2D eigenvalue weighted by atomic mass is 9.79.